The van der Waals surface area contributed by atoms with Crippen molar-refractivity contribution in [3.63, 3.8) is 0 Å². The SMILES string of the molecule is COC(=O)C1(CN2[C@H](C)COC[C@@H]2C)CC1. The first-order valence-electron chi connectivity index (χ1n) is 6.01. The maximum Gasteiger partial charge on any atom is 0.313 e. The van der Waals surface area contributed by atoms with Gasteiger partial charge in [0.1, 0.15) is 0 Å². The highest BCUT2D eigenvalue weighted by Gasteiger charge is 2.53. The van der Waals surface area contributed by atoms with E-state index in [1.54, 1.807) is 0 Å². The van der Waals surface area contributed by atoms with Crippen LogP contribution in [0.2, 0.25) is 0 Å². The van der Waals surface area contributed by atoms with E-state index in [0.29, 0.717) is 12.1 Å². The van der Waals surface area contributed by atoms with Crippen LogP contribution >= 0.6 is 0 Å². The van der Waals surface area contributed by atoms with E-state index in [1.807, 2.05) is 0 Å². The lowest BCUT2D eigenvalue weighted by Gasteiger charge is -2.40. The highest BCUT2D eigenvalue weighted by molar-refractivity contribution is 5.80. The summed E-state index contributed by atoms with van der Waals surface area (Å²) in [7, 11) is 1.48. The van der Waals surface area contributed by atoms with Crippen molar-refractivity contribution in [3.8, 4) is 0 Å². The van der Waals surface area contributed by atoms with Gasteiger partial charge in [-0.1, -0.05) is 0 Å². The van der Waals surface area contributed by atoms with E-state index >= 15 is 0 Å². The van der Waals surface area contributed by atoms with Crippen LogP contribution in [-0.4, -0.2) is 49.8 Å². The third-order valence-electron chi connectivity index (χ3n) is 3.81. The van der Waals surface area contributed by atoms with Gasteiger partial charge in [0.05, 0.1) is 25.7 Å². The molecule has 4 nitrogen and oxygen atoms in total. The number of ether oxygens (including phenoxy) is 2. The fourth-order valence-electron chi connectivity index (χ4n) is 2.49. The monoisotopic (exact) mass is 227 g/mol. The number of hydrogen-bond acceptors (Lipinski definition) is 4. The minimum absolute atomic E-state index is 0.0432. The molecule has 16 heavy (non-hydrogen) atoms. The number of nitrogens with zero attached hydrogens (tertiary/aromatic N) is 1. The summed E-state index contributed by atoms with van der Waals surface area (Å²) >= 11 is 0. The molecule has 2 aliphatic rings. The first-order valence-corrected chi connectivity index (χ1v) is 6.01. The molecule has 0 aromatic heterocycles. The summed E-state index contributed by atoms with van der Waals surface area (Å²) in [6, 6.07) is 0.789. The highest BCUT2D eigenvalue weighted by atomic mass is 16.5. The molecule has 2 fully saturated rings. The fourth-order valence-corrected chi connectivity index (χ4v) is 2.49. The average molecular weight is 227 g/mol. The van der Waals surface area contributed by atoms with Gasteiger partial charge in [-0.25, -0.2) is 0 Å². The van der Waals surface area contributed by atoms with Crippen LogP contribution in [0.25, 0.3) is 0 Å². The zero-order valence-electron chi connectivity index (χ0n) is 10.4. The fraction of sp³-hybridized carbons (Fsp3) is 0.917. The Balaban J connectivity index is 2.00. The molecule has 0 spiro atoms. The number of hydrogen-bond donors (Lipinski definition) is 0. The van der Waals surface area contributed by atoms with E-state index in [0.717, 1.165) is 32.6 Å². The van der Waals surface area contributed by atoms with Gasteiger partial charge in [0, 0.05) is 18.6 Å². The Kier molecular flexibility index (Phi) is 3.22. The molecule has 4 heteroatoms. The molecule has 1 aliphatic heterocycles. The Bertz CT molecular complexity index is 265. The van der Waals surface area contributed by atoms with Gasteiger partial charge in [-0.15, -0.1) is 0 Å². The van der Waals surface area contributed by atoms with Crippen LogP contribution in [0.5, 0.6) is 0 Å². The Hall–Kier alpha value is -0.610. The molecule has 0 unspecified atom stereocenters. The van der Waals surface area contributed by atoms with Gasteiger partial charge in [0.25, 0.3) is 0 Å². The molecule has 0 radical (unpaired) electrons. The van der Waals surface area contributed by atoms with E-state index in [-0.39, 0.29) is 11.4 Å². The molecule has 1 aliphatic carbocycles. The van der Waals surface area contributed by atoms with Crippen LogP contribution in [0.3, 0.4) is 0 Å². The Morgan fingerprint density at radius 3 is 2.38 bits per heavy atom. The van der Waals surface area contributed by atoms with Crippen molar-refractivity contribution in [1.29, 1.82) is 0 Å². The summed E-state index contributed by atoms with van der Waals surface area (Å²) in [5, 5.41) is 0. The van der Waals surface area contributed by atoms with Crippen LogP contribution in [0.1, 0.15) is 26.7 Å². The molecule has 0 aromatic carbocycles. The largest absolute Gasteiger partial charge is 0.469 e. The van der Waals surface area contributed by atoms with E-state index in [9.17, 15) is 4.79 Å². The molecule has 0 bridgehead atoms. The molecule has 0 aromatic rings. The third-order valence-corrected chi connectivity index (χ3v) is 3.81. The van der Waals surface area contributed by atoms with Gasteiger partial charge in [0.2, 0.25) is 0 Å². The first-order chi connectivity index (χ1) is 7.59. The standard InChI is InChI=1S/C12H21NO3/c1-9-6-16-7-10(2)13(9)8-12(4-5-12)11(14)15-3/h9-10H,4-8H2,1-3H3/t9-,10+. The van der Waals surface area contributed by atoms with Gasteiger partial charge in [-0.05, 0) is 26.7 Å². The average Bonchev–Trinajstić information content (AvgIpc) is 3.04. The van der Waals surface area contributed by atoms with E-state index in [2.05, 4.69) is 18.7 Å². The molecule has 2 atom stereocenters. The van der Waals surface area contributed by atoms with Gasteiger partial charge >= 0.3 is 5.97 Å². The maximum atomic E-state index is 11.7. The minimum Gasteiger partial charge on any atom is -0.469 e. The van der Waals surface area contributed by atoms with E-state index in [4.69, 9.17) is 9.47 Å². The Morgan fingerprint density at radius 1 is 1.38 bits per heavy atom. The van der Waals surface area contributed by atoms with Crippen molar-refractivity contribution in [2.24, 2.45) is 5.41 Å². The lowest BCUT2D eigenvalue weighted by Crippen LogP contribution is -2.52. The van der Waals surface area contributed by atoms with Gasteiger partial charge in [0.15, 0.2) is 0 Å². The predicted molar refractivity (Wildman–Crippen MR) is 60.1 cm³/mol. The molecule has 1 saturated carbocycles. The van der Waals surface area contributed by atoms with E-state index in [1.165, 1.54) is 7.11 Å². The van der Waals surface area contributed by atoms with Crippen LogP contribution < -0.4 is 0 Å². The maximum absolute atomic E-state index is 11.7. The molecular weight excluding hydrogens is 206 g/mol. The zero-order valence-corrected chi connectivity index (χ0v) is 10.4. The number of methoxy groups -OCH3 is 1. The van der Waals surface area contributed by atoms with Crippen LogP contribution in [0.15, 0.2) is 0 Å². The van der Waals surface area contributed by atoms with Gasteiger partial charge in [-0.3, -0.25) is 9.69 Å². The third kappa shape index (κ3) is 2.09. The summed E-state index contributed by atoms with van der Waals surface area (Å²) in [4.78, 5) is 14.1. The number of rotatable bonds is 3. The van der Waals surface area contributed by atoms with Crippen molar-refractivity contribution < 1.29 is 14.3 Å². The number of carbonyl (C=O) groups is 1. The lowest BCUT2D eigenvalue weighted by atomic mass is 10.0. The van der Waals surface area contributed by atoms with E-state index < -0.39 is 0 Å². The number of morpholine rings is 1. The Labute approximate surface area is 96.9 Å². The topological polar surface area (TPSA) is 38.8 Å². The second-order valence-corrected chi connectivity index (χ2v) is 5.18. The van der Waals surface area contributed by atoms with Crippen molar-refractivity contribution in [3.05, 3.63) is 0 Å². The van der Waals surface area contributed by atoms with Crippen molar-refractivity contribution >= 4 is 5.97 Å². The lowest BCUT2D eigenvalue weighted by molar-refractivity contribution is -0.149. The van der Waals surface area contributed by atoms with Gasteiger partial charge in [-0.2, -0.15) is 0 Å². The normalized spacial score (nSPS) is 33.4. The van der Waals surface area contributed by atoms with Crippen molar-refractivity contribution in [2.45, 2.75) is 38.8 Å². The quantitative estimate of drug-likeness (QED) is 0.676. The summed E-state index contributed by atoms with van der Waals surface area (Å²) < 4.78 is 10.4. The molecule has 92 valence electrons. The first kappa shape index (κ1) is 11.9. The van der Waals surface area contributed by atoms with Crippen LogP contribution in [-0.2, 0) is 14.3 Å². The van der Waals surface area contributed by atoms with Crippen LogP contribution in [0, 0.1) is 5.41 Å². The zero-order chi connectivity index (χ0) is 11.8. The second kappa shape index (κ2) is 4.34. The molecule has 1 saturated heterocycles. The Morgan fingerprint density at radius 2 is 1.94 bits per heavy atom. The summed E-state index contributed by atoms with van der Waals surface area (Å²) in [6.07, 6.45) is 1.94. The molecule has 0 amide bonds. The highest BCUT2D eigenvalue weighted by Crippen LogP contribution is 2.48. The second-order valence-electron chi connectivity index (χ2n) is 5.18. The minimum atomic E-state index is -0.214. The number of carbonyl (C=O) groups excluding carboxylic acids is 1. The molecule has 0 N–H and O–H groups in total. The smallest absolute Gasteiger partial charge is 0.313 e. The summed E-state index contributed by atoms with van der Waals surface area (Å²) in [5.74, 6) is -0.0432. The van der Waals surface area contributed by atoms with Crippen molar-refractivity contribution in [1.82, 2.24) is 4.90 Å². The van der Waals surface area contributed by atoms with Gasteiger partial charge < -0.3 is 9.47 Å². The predicted octanol–water partition coefficient (Wildman–Crippen LogP) is 1.05. The van der Waals surface area contributed by atoms with Crippen molar-refractivity contribution in [2.75, 3.05) is 26.9 Å². The van der Waals surface area contributed by atoms with Crippen LogP contribution in [0.4, 0.5) is 0 Å². The number of esters is 1. The summed E-state index contributed by atoms with van der Waals surface area (Å²) in [6.45, 7) is 6.67. The summed E-state index contributed by atoms with van der Waals surface area (Å²) in [5.41, 5.74) is -0.214. The molecule has 1 heterocycles. The molecular formula is C12H21NO3. The molecule has 2 rings (SSSR count).